The molecule has 1 aliphatic heterocycles. The van der Waals surface area contributed by atoms with Crippen LogP contribution in [0.5, 0.6) is 0 Å². The maximum Gasteiger partial charge on any atom is 0.268 e. The van der Waals surface area contributed by atoms with Crippen LogP contribution in [0, 0.1) is 0 Å². The lowest BCUT2D eigenvalue weighted by Crippen LogP contribution is -2.47. The molecule has 1 fully saturated rings. The van der Waals surface area contributed by atoms with Crippen LogP contribution in [0.4, 0.5) is 10.9 Å². The van der Waals surface area contributed by atoms with Gasteiger partial charge < -0.3 is 15.5 Å². The Morgan fingerprint density at radius 2 is 2.25 bits per heavy atom. The summed E-state index contributed by atoms with van der Waals surface area (Å²) in [5.41, 5.74) is 5.94. The van der Waals surface area contributed by atoms with Crippen molar-refractivity contribution in [3.8, 4) is 0 Å². The lowest BCUT2D eigenvalue weighted by molar-refractivity contribution is 0.0704. The number of aromatic nitrogens is 1. The van der Waals surface area contributed by atoms with Gasteiger partial charge in [-0.15, -0.1) is 0 Å². The first-order valence-corrected chi connectivity index (χ1v) is 8.72. The van der Waals surface area contributed by atoms with Gasteiger partial charge >= 0.3 is 0 Å². The number of nitrogen functional groups attached to an aromatic ring is 1. The van der Waals surface area contributed by atoms with Gasteiger partial charge in [0.25, 0.3) is 5.91 Å². The molecule has 2 heterocycles. The van der Waals surface area contributed by atoms with Crippen molar-refractivity contribution in [2.75, 3.05) is 36.5 Å². The minimum atomic E-state index is 0.0235. The van der Waals surface area contributed by atoms with Crippen LogP contribution in [0.1, 0.15) is 30.4 Å². The predicted octanol–water partition coefficient (Wildman–Crippen LogP) is 2.15. The van der Waals surface area contributed by atoms with Crippen molar-refractivity contribution in [3.63, 3.8) is 0 Å². The van der Waals surface area contributed by atoms with Crippen LogP contribution in [0.2, 0.25) is 0 Å². The van der Waals surface area contributed by atoms with Gasteiger partial charge in [-0.1, -0.05) is 18.3 Å². The average Bonchev–Trinajstić information content (AvgIpc) is 2.82. The molecule has 0 radical (unpaired) electrons. The average molecular weight is 314 g/mol. The van der Waals surface area contributed by atoms with E-state index in [0.29, 0.717) is 15.9 Å². The molecule has 112 valence electrons. The molecule has 1 aromatic rings. The van der Waals surface area contributed by atoms with E-state index in [2.05, 4.69) is 18.8 Å². The second kappa shape index (κ2) is 6.22. The molecule has 2 atom stereocenters. The Kier molecular flexibility index (Phi) is 4.80. The van der Waals surface area contributed by atoms with Gasteiger partial charge in [-0.05, 0) is 13.8 Å². The highest BCUT2D eigenvalue weighted by Gasteiger charge is 2.31. The molecule has 7 heteroatoms. The maximum absolute atomic E-state index is 12.7. The molecule has 1 amide bonds. The third-order valence-corrected chi connectivity index (χ3v) is 6.29. The molecule has 0 aromatic carbocycles. The van der Waals surface area contributed by atoms with Gasteiger partial charge in [0, 0.05) is 37.2 Å². The smallest absolute Gasteiger partial charge is 0.268 e. The van der Waals surface area contributed by atoms with E-state index in [9.17, 15) is 4.79 Å². The SMILES string of the molecule is CCN(C)c1nc(N)c(C(=O)N2CCSC(C)C2C)s1. The minimum absolute atomic E-state index is 0.0235. The number of anilines is 2. The first-order valence-electron chi connectivity index (χ1n) is 6.85. The normalized spacial score (nSPS) is 22.9. The molecule has 1 aromatic heterocycles. The van der Waals surface area contributed by atoms with Crippen LogP contribution in [0.3, 0.4) is 0 Å². The van der Waals surface area contributed by atoms with Gasteiger partial charge in [0.15, 0.2) is 5.13 Å². The summed E-state index contributed by atoms with van der Waals surface area (Å²) in [6, 6.07) is 0.232. The molecule has 2 unspecified atom stereocenters. The lowest BCUT2D eigenvalue weighted by atomic mass is 10.2. The van der Waals surface area contributed by atoms with Gasteiger partial charge in [0.1, 0.15) is 10.7 Å². The molecule has 1 saturated heterocycles. The van der Waals surface area contributed by atoms with Crippen LogP contribution in [0.15, 0.2) is 0 Å². The van der Waals surface area contributed by atoms with Crippen molar-refractivity contribution in [3.05, 3.63) is 4.88 Å². The van der Waals surface area contributed by atoms with E-state index < -0.39 is 0 Å². The first kappa shape index (κ1) is 15.4. The molecule has 20 heavy (non-hydrogen) atoms. The zero-order valence-corrected chi connectivity index (χ0v) is 14.1. The Labute approximate surface area is 128 Å². The Balaban J connectivity index is 2.22. The topological polar surface area (TPSA) is 62.5 Å². The zero-order valence-electron chi connectivity index (χ0n) is 12.4. The number of hydrogen-bond acceptors (Lipinski definition) is 6. The zero-order chi connectivity index (χ0) is 14.9. The summed E-state index contributed by atoms with van der Waals surface area (Å²) in [6.45, 7) is 7.94. The highest BCUT2D eigenvalue weighted by Crippen LogP contribution is 2.31. The Morgan fingerprint density at radius 3 is 2.90 bits per heavy atom. The fourth-order valence-electron chi connectivity index (χ4n) is 2.12. The van der Waals surface area contributed by atoms with Crippen molar-refractivity contribution >= 4 is 40.0 Å². The number of hydrogen-bond donors (Lipinski definition) is 1. The molecule has 1 aliphatic rings. The van der Waals surface area contributed by atoms with E-state index in [-0.39, 0.29) is 11.9 Å². The van der Waals surface area contributed by atoms with E-state index in [1.54, 1.807) is 0 Å². The minimum Gasteiger partial charge on any atom is -0.382 e. The van der Waals surface area contributed by atoms with Gasteiger partial charge in [-0.25, -0.2) is 4.98 Å². The van der Waals surface area contributed by atoms with Gasteiger partial charge in [-0.2, -0.15) is 11.8 Å². The van der Waals surface area contributed by atoms with Crippen LogP contribution in [-0.4, -0.2) is 53.0 Å². The summed E-state index contributed by atoms with van der Waals surface area (Å²) in [5.74, 6) is 1.36. The fraction of sp³-hybridized carbons (Fsp3) is 0.692. The number of rotatable bonds is 3. The summed E-state index contributed by atoms with van der Waals surface area (Å²) >= 11 is 3.30. The van der Waals surface area contributed by atoms with Gasteiger partial charge in [-0.3, -0.25) is 4.79 Å². The standard InChI is InChI=1S/C13H22N4OS2/c1-5-16(4)13-15-11(14)10(20-13)12(18)17-6-7-19-9(3)8(17)2/h8-9H,5-7,14H2,1-4H3. The largest absolute Gasteiger partial charge is 0.382 e. The van der Waals surface area contributed by atoms with E-state index in [1.165, 1.54) is 11.3 Å². The Bertz CT molecular complexity index is 491. The lowest BCUT2D eigenvalue weighted by Gasteiger charge is -2.37. The molecule has 2 N–H and O–H groups in total. The number of nitrogens with zero attached hydrogens (tertiary/aromatic N) is 3. The maximum atomic E-state index is 12.7. The molecule has 0 saturated carbocycles. The Hall–Kier alpha value is -0.950. The molecule has 0 spiro atoms. The van der Waals surface area contributed by atoms with E-state index >= 15 is 0 Å². The van der Waals surface area contributed by atoms with Crippen molar-refractivity contribution in [1.82, 2.24) is 9.88 Å². The molecule has 5 nitrogen and oxygen atoms in total. The van der Waals surface area contributed by atoms with Gasteiger partial charge in [0.05, 0.1) is 0 Å². The first-order chi connectivity index (χ1) is 9.45. The van der Waals surface area contributed by atoms with Crippen LogP contribution < -0.4 is 10.6 Å². The second-order valence-electron chi connectivity index (χ2n) is 5.04. The summed E-state index contributed by atoms with van der Waals surface area (Å²) < 4.78 is 0. The Morgan fingerprint density at radius 1 is 1.55 bits per heavy atom. The number of thioether (sulfide) groups is 1. The summed E-state index contributed by atoms with van der Waals surface area (Å²) in [7, 11) is 1.95. The summed E-state index contributed by atoms with van der Waals surface area (Å²) in [6.07, 6.45) is 0. The monoisotopic (exact) mass is 314 g/mol. The van der Waals surface area contributed by atoms with Crippen LogP contribution in [-0.2, 0) is 0 Å². The molecule has 0 bridgehead atoms. The van der Waals surface area contributed by atoms with E-state index in [4.69, 9.17) is 5.73 Å². The van der Waals surface area contributed by atoms with Crippen molar-refractivity contribution in [2.45, 2.75) is 32.1 Å². The van der Waals surface area contributed by atoms with Crippen molar-refractivity contribution < 1.29 is 4.79 Å². The number of amides is 1. The number of thiazole rings is 1. The molecular formula is C13H22N4OS2. The quantitative estimate of drug-likeness (QED) is 0.926. The fourth-order valence-corrected chi connectivity index (χ4v) is 4.19. The third kappa shape index (κ3) is 2.88. The molecule has 2 rings (SSSR count). The molecule has 0 aliphatic carbocycles. The third-order valence-electron chi connectivity index (χ3n) is 3.78. The highest BCUT2D eigenvalue weighted by molar-refractivity contribution is 8.00. The van der Waals surface area contributed by atoms with Crippen LogP contribution >= 0.6 is 23.1 Å². The number of nitrogens with two attached hydrogens (primary N) is 1. The van der Waals surface area contributed by atoms with E-state index in [1.807, 2.05) is 35.5 Å². The second-order valence-corrected chi connectivity index (χ2v) is 7.50. The summed E-state index contributed by atoms with van der Waals surface area (Å²) in [5, 5.41) is 1.26. The van der Waals surface area contributed by atoms with Crippen LogP contribution in [0.25, 0.3) is 0 Å². The van der Waals surface area contributed by atoms with Gasteiger partial charge in [0.2, 0.25) is 0 Å². The molecular weight excluding hydrogens is 292 g/mol. The highest BCUT2D eigenvalue weighted by atomic mass is 32.2. The van der Waals surface area contributed by atoms with E-state index in [0.717, 1.165) is 24.0 Å². The predicted molar refractivity (Wildman–Crippen MR) is 87.9 cm³/mol. The van der Waals surface area contributed by atoms with Crippen molar-refractivity contribution in [1.29, 1.82) is 0 Å². The summed E-state index contributed by atoms with van der Waals surface area (Å²) in [4.78, 5) is 21.5. The number of carbonyl (C=O) groups is 1. The number of carbonyl (C=O) groups excluding carboxylic acids is 1. The van der Waals surface area contributed by atoms with Crippen molar-refractivity contribution in [2.24, 2.45) is 0 Å².